The summed E-state index contributed by atoms with van der Waals surface area (Å²) in [7, 11) is 3.63. The number of benzene rings is 1. The number of nitrogens with one attached hydrogen (secondary N) is 1. The van der Waals surface area contributed by atoms with Gasteiger partial charge in [0, 0.05) is 49.4 Å². The number of hydrogen-bond donors (Lipinski definition) is 1. The molecular formula is C22H21FN4O2. The van der Waals surface area contributed by atoms with E-state index in [9.17, 15) is 14.0 Å². The molecule has 0 fully saturated rings. The predicted molar refractivity (Wildman–Crippen MR) is 110 cm³/mol. The number of pyridine rings is 1. The molecule has 0 saturated carbocycles. The second-order valence-corrected chi connectivity index (χ2v) is 7.25. The summed E-state index contributed by atoms with van der Waals surface area (Å²) in [4.78, 5) is 29.8. The van der Waals surface area contributed by atoms with Gasteiger partial charge in [0.25, 0.3) is 0 Å². The van der Waals surface area contributed by atoms with E-state index < -0.39 is 0 Å². The van der Waals surface area contributed by atoms with Gasteiger partial charge in [0.2, 0.25) is 11.8 Å². The fourth-order valence-corrected chi connectivity index (χ4v) is 3.51. The molecule has 3 aromatic rings. The molecule has 0 spiro atoms. The van der Waals surface area contributed by atoms with Crippen LogP contribution in [0.1, 0.15) is 23.2 Å². The Morgan fingerprint density at radius 3 is 2.97 bits per heavy atom. The van der Waals surface area contributed by atoms with Crippen molar-refractivity contribution in [2.24, 2.45) is 7.05 Å². The zero-order valence-electron chi connectivity index (χ0n) is 16.3. The van der Waals surface area contributed by atoms with Gasteiger partial charge in [-0.3, -0.25) is 9.59 Å². The van der Waals surface area contributed by atoms with E-state index in [1.165, 1.54) is 18.2 Å². The molecule has 1 aliphatic rings. The third-order valence-corrected chi connectivity index (χ3v) is 5.16. The van der Waals surface area contributed by atoms with Crippen LogP contribution in [-0.4, -0.2) is 33.3 Å². The molecule has 0 radical (unpaired) electrons. The Kier molecular flexibility index (Phi) is 4.88. The first kappa shape index (κ1) is 18.9. The van der Waals surface area contributed by atoms with E-state index in [4.69, 9.17) is 0 Å². The van der Waals surface area contributed by atoms with Gasteiger partial charge in [-0.15, -0.1) is 0 Å². The summed E-state index contributed by atoms with van der Waals surface area (Å²) in [6.07, 6.45) is 5.95. The zero-order chi connectivity index (χ0) is 20.5. The normalized spacial score (nSPS) is 13.6. The van der Waals surface area contributed by atoms with E-state index in [0.29, 0.717) is 25.2 Å². The smallest absolute Gasteiger partial charge is 0.246 e. The minimum absolute atomic E-state index is 0.0267. The van der Waals surface area contributed by atoms with Crippen LogP contribution < -0.4 is 5.32 Å². The lowest BCUT2D eigenvalue weighted by Gasteiger charge is -2.16. The average Bonchev–Trinajstić information content (AvgIpc) is 3.00. The molecule has 2 amide bonds. The molecule has 0 aliphatic carbocycles. The van der Waals surface area contributed by atoms with Crippen LogP contribution in [0.25, 0.3) is 17.0 Å². The van der Waals surface area contributed by atoms with Crippen molar-refractivity contribution in [3.8, 4) is 0 Å². The molecule has 1 aliphatic heterocycles. The first-order valence-electron chi connectivity index (χ1n) is 9.36. The second-order valence-electron chi connectivity index (χ2n) is 7.25. The quantitative estimate of drug-likeness (QED) is 0.693. The lowest BCUT2D eigenvalue weighted by molar-refractivity contribution is -0.125. The van der Waals surface area contributed by atoms with Crippen LogP contribution in [0.2, 0.25) is 0 Å². The molecular weight excluding hydrogens is 371 g/mol. The van der Waals surface area contributed by atoms with Gasteiger partial charge in [-0.05, 0) is 54.0 Å². The number of fused-ring (bicyclic) bond motifs is 2. The number of halogens is 1. The van der Waals surface area contributed by atoms with Crippen molar-refractivity contribution in [2.75, 3.05) is 12.4 Å². The Hall–Kier alpha value is -3.48. The summed E-state index contributed by atoms with van der Waals surface area (Å²) in [5.41, 5.74) is 3.61. The number of nitrogens with zero attached hydrogens (tertiary/aromatic N) is 3. The Morgan fingerprint density at radius 2 is 2.14 bits per heavy atom. The highest BCUT2D eigenvalue weighted by molar-refractivity contribution is 5.93. The number of aryl methyl sites for hydroxylation is 2. The monoisotopic (exact) mass is 392 g/mol. The van der Waals surface area contributed by atoms with Gasteiger partial charge in [-0.25, -0.2) is 9.37 Å². The summed E-state index contributed by atoms with van der Waals surface area (Å²) in [5.74, 6) is 0.142. The van der Waals surface area contributed by atoms with Crippen LogP contribution in [-0.2, 0) is 29.6 Å². The minimum Gasteiger partial charge on any atom is -0.346 e. The predicted octanol–water partition coefficient (Wildman–Crippen LogP) is 3.27. The summed E-state index contributed by atoms with van der Waals surface area (Å²) in [6.45, 7) is 0.407. The molecule has 0 unspecified atom stereocenters. The van der Waals surface area contributed by atoms with Crippen LogP contribution in [0.15, 0.2) is 42.6 Å². The van der Waals surface area contributed by atoms with E-state index in [0.717, 1.165) is 27.7 Å². The number of rotatable bonds is 4. The average molecular weight is 392 g/mol. The third-order valence-electron chi connectivity index (χ3n) is 5.16. The van der Waals surface area contributed by atoms with E-state index in [-0.39, 0.29) is 17.6 Å². The maximum absolute atomic E-state index is 13.4. The molecule has 1 aromatic carbocycles. The number of aromatic nitrogens is 2. The zero-order valence-corrected chi connectivity index (χ0v) is 16.3. The number of carbonyl (C=O) groups excluding carboxylic acids is 2. The van der Waals surface area contributed by atoms with Gasteiger partial charge < -0.3 is 14.8 Å². The summed E-state index contributed by atoms with van der Waals surface area (Å²) < 4.78 is 15.4. The topological polar surface area (TPSA) is 67.2 Å². The minimum atomic E-state index is -0.278. The molecule has 0 saturated heterocycles. The van der Waals surface area contributed by atoms with Crippen molar-refractivity contribution in [3.05, 3.63) is 65.2 Å². The van der Waals surface area contributed by atoms with Gasteiger partial charge in [-0.1, -0.05) is 0 Å². The molecule has 0 bridgehead atoms. The highest BCUT2D eigenvalue weighted by Gasteiger charge is 2.16. The van der Waals surface area contributed by atoms with Gasteiger partial charge in [-0.2, -0.15) is 0 Å². The van der Waals surface area contributed by atoms with Crippen LogP contribution >= 0.6 is 0 Å². The lowest BCUT2D eigenvalue weighted by Crippen LogP contribution is -2.25. The van der Waals surface area contributed by atoms with Crippen molar-refractivity contribution in [1.82, 2.24) is 14.5 Å². The Bertz CT molecular complexity index is 1150. The Balaban J connectivity index is 1.46. The summed E-state index contributed by atoms with van der Waals surface area (Å²) >= 11 is 0. The van der Waals surface area contributed by atoms with E-state index in [1.807, 2.05) is 23.7 Å². The van der Waals surface area contributed by atoms with Gasteiger partial charge >= 0.3 is 0 Å². The van der Waals surface area contributed by atoms with Gasteiger partial charge in [0.05, 0.1) is 6.54 Å². The van der Waals surface area contributed by atoms with Crippen LogP contribution in [0.3, 0.4) is 0 Å². The second kappa shape index (κ2) is 7.50. The van der Waals surface area contributed by atoms with Gasteiger partial charge in [0.15, 0.2) is 0 Å². The largest absolute Gasteiger partial charge is 0.346 e. The highest BCUT2D eigenvalue weighted by Crippen LogP contribution is 2.22. The first-order chi connectivity index (χ1) is 13.9. The molecule has 2 aromatic heterocycles. The number of amides is 2. The third kappa shape index (κ3) is 3.89. The number of carbonyl (C=O) groups is 2. The molecule has 148 valence electrons. The fraction of sp³-hybridized carbons (Fsp3) is 0.227. The molecule has 0 atom stereocenters. The molecule has 7 heteroatoms. The maximum atomic E-state index is 13.4. The van der Waals surface area contributed by atoms with E-state index in [2.05, 4.69) is 10.3 Å². The summed E-state index contributed by atoms with van der Waals surface area (Å²) in [5, 5.41) is 3.55. The van der Waals surface area contributed by atoms with Crippen LogP contribution in [0, 0.1) is 5.82 Å². The van der Waals surface area contributed by atoms with Crippen molar-refractivity contribution in [2.45, 2.75) is 19.4 Å². The maximum Gasteiger partial charge on any atom is 0.246 e. The molecule has 3 heterocycles. The van der Waals surface area contributed by atoms with Crippen LogP contribution in [0.5, 0.6) is 0 Å². The number of likely N-dealkylation sites (N-methyl/N-ethyl adjacent to an activating group) is 1. The van der Waals surface area contributed by atoms with E-state index in [1.54, 1.807) is 30.3 Å². The van der Waals surface area contributed by atoms with Crippen LogP contribution in [0.4, 0.5) is 10.2 Å². The molecule has 1 N–H and O–H groups in total. The molecule has 29 heavy (non-hydrogen) atoms. The summed E-state index contributed by atoms with van der Waals surface area (Å²) in [6, 6.07) is 8.49. The Morgan fingerprint density at radius 1 is 1.31 bits per heavy atom. The van der Waals surface area contributed by atoms with Crippen molar-refractivity contribution < 1.29 is 14.0 Å². The highest BCUT2D eigenvalue weighted by atomic mass is 19.1. The van der Waals surface area contributed by atoms with Crippen molar-refractivity contribution in [3.63, 3.8) is 0 Å². The van der Waals surface area contributed by atoms with Crippen molar-refractivity contribution in [1.29, 1.82) is 0 Å². The van der Waals surface area contributed by atoms with Gasteiger partial charge in [0.1, 0.15) is 11.6 Å². The lowest BCUT2D eigenvalue weighted by atomic mass is 10.0. The fourth-order valence-electron chi connectivity index (χ4n) is 3.51. The molecule has 4 rings (SSSR count). The van der Waals surface area contributed by atoms with Crippen molar-refractivity contribution >= 4 is 34.6 Å². The van der Waals surface area contributed by atoms with E-state index >= 15 is 0 Å². The first-order valence-corrected chi connectivity index (χ1v) is 9.36. The standard InChI is InChI=1S/C22H21FN4O2/c1-26(13-18-11-16-10-17(23)5-6-19(16)27(18)2)21(29)8-3-14-9-15-4-7-20(28)25-22(15)24-12-14/h3,5-6,8-12H,4,7,13H2,1-2H3,(H,24,25,28)/b8-3+. The number of anilines is 1. The Labute approximate surface area is 167 Å². The molecule has 6 nitrogen and oxygen atoms in total. The SMILES string of the molecule is CN(Cc1cc2cc(F)ccc2n1C)C(=O)/C=C/c1cnc2c(c1)CCC(=O)N2. The number of hydrogen-bond acceptors (Lipinski definition) is 3.